The summed E-state index contributed by atoms with van der Waals surface area (Å²) >= 11 is 0. The van der Waals surface area contributed by atoms with Crippen molar-refractivity contribution in [2.45, 2.75) is 25.0 Å². The number of aromatic amines is 1. The summed E-state index contributed by atoms with van der Waals surface area (Å²) in [6, 6.07) is 11.1. The maximum atomic E-state index is 12.6. The molecule has 1 aromatic carbocycles. The van der Waals surface area contributed by atoms with Crippen LogP contribution >= 0.6 is 0 Å². The minimum atomic E-state index is -0.320. The predicted octanol–water partition coefficient (Wildman–Crippen LogP) is 3.04. The van der Waals surface area contributed by atoms with E-state index in [1.807, 2.05) is 30.3 Å². The maximum Gasteiger partial charge on any atom is 0.320 e. The van der Waals surface area contributed by atoms with Crippen molar-refractivity contribution in [3.8, 4) is 0 Å². The molecular formula is C19H22N6O2. The topological polar surface area (TPSA) is 104 Å². The van der Waals surface area contributed by atoms with E-state index in [0.717, 1.165) is 41.7 Å². The predicted molar refractivity (Wildman–Crippen MR) is 104 cm³/mol. The number of carbonyl (C=O) groups excluding carboxylic acids is 1. The number of nitrogens with zero attached hydrogens (tertiary/aromatic N) is 2. The highest BCUT2D eigenvalue weighted by Gasteiger charge is 2.28. The van der Waals surface area contributed by atoms with Crippen molar-refractivity contribution in [3.05, 3.63) is 48.2 Å². The fourth-order valence-electron chi connectivity index (χ4n) is 3.38. The summed E-state index contributed by atoms with van der Waals surface area (Å²) < 4.78 is 5.82. The molecule has 1 saturated heterocycles. The van der Waals surface area contributed by atoms with Crippen molar-refractivity contribution < 1.29 is 9.53 Å². The molecule has 1 fully saturated rings. The number of ether oxygens (including phenoxy) is 1. The van der Waals surface area contributed by atoms with Crippen molar-refractivity contribution in [1.82, 2.24) is 20.5 Å². The molecule has 4 N–H and O–H groups in total. The Labute approximate surface area is 156 Å². The van der Waals surface area contributed by atoms with E-state index in [1.54, 1.807) is 19.3 Å². The van der Waals surface area contributed by atoms with Crippen LogP contribution < -0.4 is 16.0 Å². The minimum Gasteiger partial charge on any atom is -0.376 e. The number of fused-ring (bicyclic) bond motifs is 1. The van der Waals surface area contributed by atoms with Crippen LogP contribution in [0.25, 0.3) is 10.9 Å². The van der Waals surface area contributed by atoms with Crippen LogP contribution in [0.2, 0.25) is 0 Å². The molecule has 3 heterocycles. The molecule has 3 aromatic rings. The van der Waals surface area contributed by atoms with E-state index in [9.17, 15) is 4.79 Å². The molecule has 0 unspecified atom stereocenters. The van der Waals surface area contributed by atoms with Crippen molar-refractivity contribution in [3.63, 3.8) is 0 Å². The Kier molecular flexibility index (Phi) is 4.88. The number of rotatable bonds is 5. The molecule has 1 aliphatic heterocycles. The van der Waals surface area contributed by atoms with Gasteiger partial charge in [-0.3, -0.25) is 10.4 Å². The number of carbonyl (C=O) groups is 1. The van der Waals surface area contributed by atoms with Gasteiger partial charge in [-0.25, -0.2) is 9.78 Å². The third-order valence-electron chi connectivity index (χ3n) is 4.71. The zero-order valence-electron chi connectivity index (χ0n) is 15.0. The third-order valence-corrected chi connectivity index (χ3v) is 4.71. The SMILES string of the molecule is CNc1n[nH]c2cc(NC(=O)N[C@H](c3ccccc3)[C@H]3CCCO3)ncc12. The summed E-state index contributed by atoms with van der Waals surface area (Å²) in [5.41, 5.74) is 1.82. The molecule has 0 aliphatic carbocycles. The van der Waals surface area contributed by atoms with E-state index in [2.05, 4.69) is 31.1 Å². The van der Waals surface area contributed by atoms with Gasteiger partial charge in [-0.1, -0.05) is 30.3 Å². The number of anilines is 2. The minimum absolute atomic E-state index is 0.0283. The summed E-state index contributed by atoms with van der Waals surface area (Å²) in [6.45, 7) is 0.725. The first-order valence-electron chi connectivity index (χ1n) is 9.00. The van der Waals surface area contributed by atoms with E-state index in [-0.39, 0.29) is 18.2 Å². The van der Waals surface area contributed by atoms with Crippen molar-refractivity contribution in [2.24, 2.45) is 0 Å². The van der Waals surface area contributed by atoms with Crippen molar-refractivity contribution >= 4 is 28.6 Å². The normalized spacial score (nSPS) is 17.6. The second kappa shape index (κ2) is 7.63. The molecule has 8 nitrogen and oxygen atoms in total. The van der Waals surface area contributed by atoms with Crippen molar-refractivity contribution in [2.75, 3.05) is 24.3 Å². The number of hydrogen-bond acceptors (Lipinski definition) is 5. The molecule has 1 aliphatic rings. The zero-order valence-corrected chi connectivity index (χ0v) is 15.0. The van der Waals surface area contributed by atoms with Crippen LogP contribution in [-0.4, -0.2) is 41.0 Å². The monoisotopic (exact) mass is 366 g/mol. The number of nitrogens with one attached hydrogen (secondary N) is 4. The van der Waals surface area contributed by atoms with Gasteiger partial charge in [0.1, 0.15) is 5.82 Å². The lowest BCUT2D eigenvalue weighted by Gasteiger charge is -2.24. The zero-order chi connectivity index (χ0) is 18.6. The Morgan fingerprint density at radius 1 is 1.33 bits per heavy atom. The number of aromatic nitrogens is 3. The maximum absolute atomic E-state index is 12.6. The van der Waals surface area contributed by atoms with E-state index < -0.39 is 0 Å². The third kappa shape index (κ3) is 3.70. The molecule has 2 atom stereocenters. The lowest BCUT2D eigenvalue weighted by atomic mass is 9.99. The Balaban J connectivity index is 1.49. The first-order chi connectivity index (χ1) is 13.2. The van der Waals surface area contributed by atoms with Crippen LogP contribution in [0, 0.1) is 0 Å². The first kappa shape index (κ1) is 17.3. The number of pyridine rings is 1. The molecule has 0 spiro atoms. The van der Waals surface area contributed by atoms with E-state index in [4.69, 9.17) is 4.74 Å². The summed E-state index contributed by atoms with van der Waals surface area (Å²) in [7, 11) is 1.80. The summed E-state index contributed by atoms with van der Waals surface area (Å²) in [4.78, 5) is 16.9. The van der Waals surface area contributed by atoms with E-state index in [1.165, 1.54) is 0 Å². The van der Waals surface area contributed by atoms with Crippen LogP contribution in [0.15, 0.2) is 42.6 Å². The Morgan fingerprint density at radius 2 is 2.19 bits per heavy atom. The summed E-state index contributed by atoms with van der Waals surface area (Å²) in [5.74, 6) is 1.17. The summed E-state index contributed by atoms with van der Waals surface area (Å²) in [5, 5.41) is 16.8. The highest BCUT2D eigenvalue weighted by atomic mass is 16.5. The first-order valence-corrected chi connectivity index (χ1v) is 9.00. The van der Waals surface area contributed by atoms with Gasteiger partial charge >= 0.3 is 6.03 Å². The van der Waals surface area contributed by atoms with Gasteiger partial charge in [0.15, 0.2) is 5.82 Å². The number of amides is 2. The molecule has 2 aromatic heterocycles. The smallest absolute Gasteiger partial charge is 0.320 e. The second-order valence-electron chi connectivity index (χ2n) is 6.48. The van der Waals surface area contributed by atoms with E-state index >= 15 is 0 Å². The van der Waals surface area contributed by atoms with Gasteiger partial charge in [-0.2, -0.15) is 5.10 Å². The van der Waals surface area contributed by atoms with Gasteiger partial charge in [0, 0.05) is 25.9 Å². The van der Waals surface area contributed by atoms with Crippen LogP contribution in [0.3, 0.4) is 0 Å². The average molecular weight is 366 g/mol. The molecule has 8 heteroatoms. The van der Waals surface area contributed by atoms with Crippen LogP contribution in [0.5, 0.6) is 0 Å². The fourth-order valence-corrected chi connectivity index (χ4v) is 3.38. The number of benzene rings is 1. The van der Waals surface area contributed by atoms with Crippen LogP contribution in [0.4, 0.5) is 16.4 Å². The molecule has 27 heavy (non-hydrogen) atoms. The van der Waals surface area contributed by atoms with Gasteiger partial charge in [0.2, 0.25) is 0 Å². The van der Waals surface area contributed by atoms with Crippen LogP contribution in [0.1, 0.15) is 24.4 Å². The van der Waals surface area contributed by atoms with E-state index in [0.29, 0.717) is 5.82 Å². The molecule has 0 bridgehead atoms. The lowest BCUT2D eigenvalue weighted by Crippen LogP contribution is -2.38. The number of hydrogen-bond donors (Lipinski definition) is 4. The Bertz CT molecular complexity index is 920. The highest BCUT2D eigenvalue weighted by molar-refractivity contribution is 5.94. The van der Waals surface area contributed by atoms with Gasteiger partial charge in [0.05, 0.1) is 23.0 Å². The quantitative estimate of drug-likeness (QED) is 0.556. The molecule has 2 amide bonds. The molecular weight excluding hydrogens is 344 g/mol. The van der Waals surface area contributed by atoms with Gasteiger partial charge < -0.3 is 15.4 Å². The molecule has 140 valence electrons. The van der Waals surface area contributed by atoms with Crippen molar-refractivity contribution in [1.29, 1.82) is 0 Å². The van der Waals surface area contributed by atoms with Gasteiger partial charge in [-0.15, -0.1) is 0 Å². The number of urea groups is 1. The molecule has 0 saturated carbocycles. The molecule has 0 radical (unpaired) electrons. The van der Waals surface area contributed by atoms with Crippen LogP contribution in [-0.2, 0) is 4.74 Å². The number of H-pyrrole nitrogens is 1. The Hall–Kier alpha value is -3.13. The second-order valence-corrected chi connectivity index (χ2v) is 6.48. The van der Waals surface area contributed by atoms with Gasteiger partial charge in [-0.05, 0) is 18.4 Å². The lowest BCUT2D eigenvalue weighted by molar-refractivity contribution is 0.0815. The standard InChI is InChI=1S/C19H22N6O2/c1-20-18-13-11-21-16(10-14(13)24-25-18)22-19(26)23-17(15-8-5-9-27-15)12-6-3-2-4-7-12/h2-4,6-7,10-11,15,17H,5,8-9H2,1H3,(H2,20,24,25)(H2,21,22,23,26)/t15-,17-/m1/s1. The highest BCUT2D eigenvalue weighted by Crippen LogP contribution is 2.27. The average Bonchev–Trinajstić information content (AvgIpc) is 3.36. The Morgan fingerprint density at radius 3 is 2.93 bits per heavy atom. The summed E-state index contributed by atoms with van der Waals surface area (Å²) in [6.07, 6.45) is 3.57. The molecule has 4 rings (SSSR count). The largest absolute Gasteiger partial charge is 0.376 e. The van der Waals surface area contributed by atoms with Gasteiger partial charge in [0.25, 0.3) is 0 Å². The fraction of sp³-hybridized carbons (Fsp3) is 0.316.